The van der Waals surface area contributed by atoms with Gasteiger partial charge in [-0.2, -0.15) is 0 Å². The Morgan fingerprint density at radius 2 is 1.48 bits per heavy atom. The smallest absolute Gasteiger partial charge is 0.306 e. The van der Waals surface area contributed by atoms with Crippen LogP contribution >= 0.6 is 0 Å². The SMILES string of the molecule is CCCCCCOC(=O)CC(C)(C)c1cc(OC)c(C(C)(C)CC=O)cc1OC. The van der Waals surface area contributed by atoms with Crippen LogP contribution in [0.1, 0.15) is 84.3 Å². The van der Waals surface area contributed by atoms with Crippen LogP contribution < -0.4 is 9.47 Å². The van der Waals surface area contributed by atoms with E-state index >= 15 is 0 Å². The predicted octanol–water partition coefficient (Wildman–Crippen LogP) is 5.36. The normalized spacial score (nSPS) is 11.8. The zero-order chi connectivity index (χ0) is 22.1. The van der Waals surface area contributed by atoms with Crippen molar-refractivity contribution in [3.63, 3.8) is 0 Å². The van der Waals surface area contributed by atoms with Crippen LogP contribution in [-0.4, -0.2) is 33.1 Å². The minimum Gasteiger partial charge on any atom is -0.496 e. The van der Waals surface area contributed by atoms with E-state index in [-0.39, 0.29) is 17.8 Å². The highest BCUT2D eigenvalue weighted by Crippen LogP contribution is 2.43. The van der Waals surface area contributed by atoms with Gasteiger partial charge in [0.05, 0.1) is 27.2 Å². The second-order valence-corrected chi connectivity index (χ2v) is 8.85. The van der Waals surface area contributed by atoms with E-state index in [4.69, 9.17) is 14.2 Å². The van der Waals surface area contributed by atoms with Gasteiger partial charge >= 0.3 is 5.97 Å². The summed E-state index contributed by atoms with van der Waals surface area (Å²) >= 11 is 0. The van der Waals surface area contributed by atoms with Crippen molar-refractivity contribution in [2.45, 2.75) is 84.0 Å². The first-order chi connectivity index (χ1) is 13.6. The lowest BCUT2D eigenvalue weighted by Gasteiger charge is -2.31. The second kappa shape index (κ2) is 11.2. The number of aldehydes is 1. The summed E-state index contributed by atoms with van der Waals surface area (Å²) in [7, 11) is 3.23. The van der Waals surface area contributed by atoms with Crippen LogP contribution in [0, 0.1) is 0 Å². The van der Waals surface area contributed by atoms with Crippen molar-refractivity contribution in [2.75, 3.05) is 20.8 Å². The minimum atomic E-state index is -0.494. The number of hydrogen-bond donors (Lipinski definition) is 0. The summed E-state index contributed by atoms with van der Waals surface area (Å²) in [4.78, 5) is 23.5. The molecule has 0 saturated carbocycles. The summed E-state index contributed by atoms with van der Waals surface area (Å²) < 4.78 is 16.7. The van der Waals surface area contributed by atoms with Crippen LogP contribution in [0.5, 0.6) is 11.5 Å². The highest BCUT2D eigenvalue weighted by atomic mass is 16.5. The molecule has 29 heavy (non-hydrogen) atoms. The molecule has 5 nitrogen and oxygen atoms in total. The van der Waals surface area contributed by atoms with Gasteiger partial charge in [-0.15, -0.1) is 0 Å². The summed E-state index contributed by atoms with van der Waals surface area (Å²) in [5, 5.41) is 0. The van der Waals surface area contributed by atoms with Gasteiger partial charge in [0.2, 0.25) is 0 Å². The molecule has 0 aromatic heterocycles. The van der Waals surface area contributed by atoms with Crippen molar-refractivity contribution in [3.8, 4) is 11.5 Å². The molecule has 164 valence electrons. The van der Waals surface area contributed by atoms with Crippen molar-refractivity contribution >= 4 is 12.3 Å². The summed E-state index contributed by atoms with van der Waals surface area (Å²) in [5.41, 5.74) is 0.903. The molecule has 0 amide bonds. The number of methoxy groups -OCH3 is 2. The summed E-state index contributed by atoms with van der Waals surface area (Å²) in [5.74, 6) is 1.16. The van der Waals surface area contributed by atoms with Crippen LogP contribution in [0.4, 0.5) is 0 Å². The Balaban J connectivity index is 3.08. The minimum absolute atomic E-state index is 0.210. The Morgan fingerprint density at radius 3 is 1.97 bits per heavy atom. The van der Waals surface area contributed by atoms with Crippen LogP contribution in [-0.2, 0) is 25.2 Å². The molecule has 0 atom stereocenters. The molecule has 0 aliphatic carbocycles. The first-order valence-electron chi connectivity index (χ1n) is 10.5. The molecule has 0 aliphatic rings. The van der Waals surface area contributed by atoms with Crippen LogP contribution in [0.15, 0.2) is 12.1 Å². The van der Waals surface area contributed by atoms with Gasteiger partial charge in [0.15, 0.2) is 0 Å². The Kier molecular flexibility index (Phi) is 9.67. The van der Waals surface area contributed by atoms with Gasteiger partial charge < -0.3 is 19.0 Å². The molecular formula is C24H38O5. The van der Waals surface area contributed by atoms with E-state index in [1.165, 1.54) is 0 Å². The Labute approximate surface area is 176 Å². The average Bonchev–Trinajstić information content (AvgIpc) is 2.66. The molecule has 0 fully saturated rings. The molecule has 0 spiro atoms. The van der Waals surface area contributed by atoms with E-state index in [0.717, 1.165) is 43.1 Å². The number of unbranched alkanes of at least 4 members (excludes halogenated alkanes) is 3. The highest BCUT2D eigenvalue weighted by Gasteiger charge is 2.32. The topological polar surface area (TPSA) is 61.8 Å². The second-order valence-electron chi connectivity index (χ2n) is 8.85. The third-order valence-electron chi connectivity index (χ3n) is 5.42. The van der Waals surface area contributed by atoms with Gasteiger partial charge in [-0.3, -0.25) is 4.79 Å². The lowest BCUT2D eigenvalue weighted by Crippen LogP contribution is -2.25. The maximum atomic E-state index is 12.4. The van der Waals surface area contributed by atoms with Crippen LogP contribution in [0.3, 0.4) is 0 Å². The summed E-state index contributed by atoms with van der Waals surface area (Å²) in [6.45, 7) is 10.6. The van der Waals surface area contributed by atoms with Crippen molar-refractivity contribution in [1.29, 1.82) is 0 Å². The van der Waals surface area contributed by atoms with Gasteiger partial charge in [0.1, 0.15) is 17.8 Å². The lowest BCUT2D eigenvalue weighted by atomic mass is 9.76. The van der Waals surface area contributed by atoms with Gasteiger partial charge in [-0.05, 0) is 18.6 Å². The standard InChI is InChI=1S/C24H38O5/c1-8-9-10-11-14-29-22(26)17-24(4,5)19-16-20(27-6)18(15-21(19)28-7)23(2,3)12-13-25/h13,15-16H,8-12,14,17H2,1-7H3. The van der Waals surface area contributed by atoms with Crippen molar-refractivity contribution in [3.05, 3.63) is 23.3 Å². The molecule has 5 heteroatoms. The number of benzene rings is 1. The average molecular weight is 407 g/mol. The fourth-order valence-electron chi connectivity index (χ4n) is 3.50. The third kappa shape index (κ3) is 7.06. The first-order valence-corrected chi connectivity index (χ1v) is 10.5. The molecule has 0 heterocycles. The van der Waals surface area contributed by atoms with E-state index in [9.17, 15) is 9.59 Å². The van der Waals surface area contributed by atoms with Crippen LogP contribution in [0.25, 0.3) is 0 Å². The van der Waals surface area contributed by atoms with Crippen LogP contribution in [0.2, 0.25) is 0 Å². The molecular weight excluding hydrogens is 368 g/mol. The fraction of sp³-hybridized carbons (Fsp3) is 0.667. The number of esters is 1. The molecule has 0 aliphatic heterocycles. The van der Waals surface area contributed by atoms with Gasteiger partial charge in [-0.1, -0.05) is 53.9 Å². The van der Waals surface area contributed by atoms with Gasteiger partial charge in [0.25, 0.3) is 0 Å². The number of rotatable bonds is 13. The number of hydrogen-bond acceptors (Lipinski definition) is 5. The molecule has 1 aromatic carbocycles. The molecule has 0 N–H and O–H groups in total. The maximum Gasteiger partial charge on any atom is 0.306 e. The predicted molar refractivity (Wildman–Crippen MR) is 116 cm³/mol. The van der Waals surface area contributed by atoms with Gasteiger partial charge in [0, 0.05) is 28.4 Å². The third-order valence-corrected chi connectivity index (χ3v) is 5.42. The van der Waals surface area contributed by atoms with Crippen molar-refractivity contribution in [2.24, 2.45) is 0 Å². The Morgan fingerprint density at radius 1 is 0.931 bits per heavy atom. The number of ether oxygens (including phenoxy) is 3. The van der Waals surface area contributed by atoms with Crippen molar-refractivity contribution in [1.82, 2.24) is 0 Å². The lowest BCUT2D eigenvalue weighted by molar-refractivity contribution is -0.145. The zero-order valence-corrected chi connectivity index (χ0v) is 19.2. The largest absolute Gasteiger partial charge is 0.496 e. The molecule has 0 unspecified atom stereocenters. The highest BCUT2D eigenvalue weighted by molar-refractivity contribution is 5.72. The Bertz CT molecular complexity index is 676. The quantitative estimate of drug-likeness (QED) is 0.251. The van der Waals surface area contributed by atoms with E-state index in [1.54, 1.807) is 14.2 Å². The van der Waals surface area contributed by atoms with Gasteiger partial charge in [-0.25, -0.2) is 0 Å². The fourth-order valence-corrected chi connectivity index (χ4v) is 3.50. The molecule has 0 radical (unpaired) electrons. The summed E-state index contributed by atoms with van der Waals surface area (Å²) in [6.07, 6.45) is 5.83. The summed E-state index contributed by atoms with van der Waals surface area (Å²) in [6, 6.07) is 3.85. The molecule has 1 aromatic rings. The van der Waals surface area contributed by atoms with E-state index < -0.39 is 5.41 Å². The maximum absolute atomic E-state index is 12.4. The van der Waals surface area contributed by atoms with E-state index in [1.807, 2.05) is 39.8 Å². The van der Waals surface area contributed by atoms with E-state index in [2.05, 4.69) is 6.92 Å². The molecule has 0 bridgehead atoms. The van der Waals surface area contributed by atoms with Crippen molar-refractivity contribution < 1.29 is 23.8 Å². The number of carbonyl (C=O) groups is 2. The first kappa shape index (κ1) is 25.0. The van der Waals surface area contributed by atoms with E-state index in [0.29, 0.717) is 24.5 Å². The zero-order valence-electron chi connectivity index (χ0n) is 19.2. The number of carbonyl (C=O) groups excluding carboxylic acids is 2. The monoisotopic (exact) mass is 406 g/mol. The molecule has 1 rings (SSSR count). The molecule has 0 saturated heterocycles. The Hall–Kier alpha value is -2.04.